The fourth-order valence-electron chi connectivity index (χ4n) is 4.14. The summed E-state index contributed by atoms with van der Waals surface area (Å²) in [5.41, 5.74) is 4.09. The number of hydrogen-bond acceptors (Lipinski definition) is 5. The van der Waals surface area contributed by atoms with Crippen molar-refractivity contribution in [1.82, 2.24) is 34.1 Å². The fraction of sp³-hybridized carbons (Fsp3) is 0.333. The molecule has 0 aliphatic carbocycles. The highest BCUT2D eigenvalue weighted by Crippen LogP contribution is 2.34. The molecule has 1 aliphatic rings. The third kappa shape index (κ3) is 3.10. The molecule has 1 atom stereocenters. The highest BCUT2D eigenvalue weighted by atomic mass is 16.5. The lowest BCUT2D eigenvalue weighted by Crippen LogP contribution is -2.13. The molecule has 8 nitrogen and oxygen atoms in total. The number of imidazole rings is 1. The molecule has 4 heterocycles. The van der Waals surface area contributed by atoms with Crippen LogP contribution in [0.2, 0.25) is 0 Å². The summed E-state index contributed by atoms with van der Waals surface area (Å²) in [6.45, 7) is 3.81. The van der Waals surface area contributed by atoms with Gasteiger partial charge >= 0.3 is 0 Å². The van der Waals surface area contributed by atoms with Crippen LogP contribution in [0, 0.1) is 12.8 Å². The Morgan fingerprint density at radius 1 is 1.21 bits per heavy atom. The van der Waals surface area contributed by atoms with Crippen molar-refractivity contribution < 1.29 is 4.74 Å². The summed E-state index contributed by atoms with van der Waals surface area (Å²) in [7, 11) is 3.61. The van der Waals surface area contributed by atoms with Gasteiger partial charge in [-0.15, -0.1) is 10.2 Å². The average Bonchev–Trinajstić information content (AvgIpc) is 3.49. The standard InChI is InChI=1S/C21H23N7O/c1-14-24-25-19-7-15(11-28(14)19)10-27-13-22-20(16-5-4-6-18(8-16)29-3)21(27)17-9-23-26(2)12-17/h4-6,8-9,12-13,15H,7,10-11H2,1-3H3. The zero-order chi connectivity index (χ0) is 20.0. The number of hydrogen-bond donors (Lipinski definition) is 0. The number of aromatic nitrogens is 7. The quantitative estimate of drug-likeness (QED) is 0.525. The van der Waals surface area contributed by atoms with Gasteiger partial charge in [-0.3, -0.25) is 4.68 Å². The minimum absolute atomic E-state index is 0.460. The number of methoxy groups -OCH3 is 1. The first kappa shape index (κ1) is 17.7. The Bertz CT molecular complexity index is 1170. The predicted octanol–water partition coefficient (Wildman–Crippen LogP) is 2.73. The number of ether oxygens (including phenoxy) is 1. The molecule has 0 radical (unpaired) electrons. The smallest absolute Gasteiger partial charge is 0.133 e. The lowest BCUT2D eigenvalue weighted by Gasteiger charge is -2.14. The molecule has 3 aromatic heterocycles. The minimum atomic E-state index is 0.460. The molecule has 0 amide bonds. The maximum atomic E-state index is 5.41. The molecule has 0 bridgehead atoms. The average molecular weight is 389 g/mol. The summed E-state index contributed by atoms with van der Waals surface area (Å²) in [5.74, 6) is 3.33. The highest BCUT2D eigenvalue weighted by molar-refractivity contribution is 5.78. The van der Waals surface area contributed by atoms with E-state index in [2.05, 4.69) is 30.5 Å². The molecule has 148 valence electrons. The Morgan fingerprint density at radius 3 is 2.86 bits per heavy atom. The van der Waals surface area contributed by atoms with Crippen molar-refractivity contribution in [1.29, 1.82) is 0 Å². The molecule has 4 aromatic rings. The molecule has 0 saturated heterocycles. The van der Waals surface area contributed by atoms with Crippen LogP contribution < -0.4 is 4.74 Å². The van der Waals surface area contributed by atoms with E-state index in [0.29, 0.717) is 5.92 Å². The number of aryl methyl sites for hydroxylation is 2. The molecule has 1 aliphatic heterocycles. The third-order valence-corrected chi connectivity index (χ3v) is 5.54. The van der Waals surface area contributed by atoms with E-state index in [0.717, 1.165) is 59.4 Å². The van der Waals surface area contributed by atoms with Crippen molar-refractivity contribution in [2.75, 3.05) is 7.11 Å². The number of nitrogens with zero attached hydrogens (tertiary/aromatic N) is 7. The highest BCUT2D eigenvalue weighted by Gasteiger charge is 2.27. The summed E-state index contributed by atoms with van der Waals surface area (Å²) in [6, 6.07) is 8.02. The molecule has 1 aromatic carbocycles. The van der Waals surface area contributed by atoms with E-state index < -0.39 is 0 Å². The van der Waals surface area contributed by atoms with Gasteiger partial charge in [-0.1, -0.05) is 12.1 Å². The first-order valence-corrected chi connectivity index (χ1v) is 9.69. The minimum Gasteiger partial charge on any atom is -0.497 e. The van der Waals surface area contributed by atoms with Crippen LogP contribution in [0.25, 0.3) is 22.5 Å². The second kappa shape index (κ2) is 6.88. The molecule has 29 heavy (non-hydrogen) atoms. The molecule has 1 unspecified atom stereocenters. The van der Waals surface area contributed by atoms with Gasteiger partial charge in [0.25, 0.3) is 0 Å². The van der Waals surface area contributed by atoms with E-state index in [1.165, 1.54) is 0 Å². The SMILES string of the molecule is COc1cccc(-c2ncn(CC3Cc4nnc(C)n4C3)c2-c2cnn(C)c2)c1. The predicted molar refractivity (Wildman–Crippen MR) is 108 cm³/mol. The van der Waals surface area contributed by atoms with Gasteiger partial charge < -0.3 is 13.9 Å². The van der Waals surface area contributed by atoms with E-state index in [1.807, 2.05) is 55.6 Å². The molecule has 0 saturated carbocycles. The summed E-state index contributed by atoms with van der Waals surface area (Å²) < 4.78 is 11.7. The number of benzene rings is 1. The van der Waals surface area contributed by atoms with Crippen molar-refractivity contribution in [3.05, 3.63) is 54.6 Å². The van der Waals surface area contributed by atoms with Crippen molar-refractivity contribution in [3.8, 4) is 28.3 Å². The van der Waals surface area contributed by atoms with Crippen LogP contribution >= 0.6 is 0 Å². The molecular weight excluding hydrogens is 366 g/mol. The van der Waals surface area contributed by atoms with Crippen LogP contribution in [-0.4, -0.2) is 41.2 Å². The van der Waals surface area contributed by atoms with Gasteiger partial charge in [-0.05, 0) is 19.1 Å². The molecule has 8 heteroatoms. The van der Waals surface area contributed by atoms with Crippen molar-refractivity contribution in [2.45, 2.75) is 26.4 Å². The second-order valence-corrected chi connectivity index (χ2v) is 7.57. The van der Waals surface area contributed by atoms with Crippen molar-refractivity contribution in [3.63, 3.8) is 0 Å². The van der Waals surface area contributed by atoms with Crippen LogP contribution in [0.15, 0.2) is 43.0 Å². The largest absolute Gasteiger partial charge is 0.497 e. The van der Waals surface area contributed by atoms with Gasteiger partial charge in [0.15, 0.2) is 0 Å². The van der Waals surface area contributed by atoms with Crippen LogP contribution in [0.4, 0.5) is 0 Å². The zero-order valence-electron chi connectivity index (χ0n) is 16.8. The third-order valence-electron chi connectivity index (χ3n) is 5.54. The number of fused-ring (bicyclic) bond motifs is 1. The van der Waals surface area contributed by atoms with Crippen LogP contribution in [0.5, 0.6) is 5.75 Å². The Labute approximate surface area is 168 Å². The van der Waals surface area contributed by atoms with Gasteiger partial charge in [0.1, 0.15) is 17.4 Å². The lowest BCUT2D eigenvalue weighted by atomic mass is 10.1. The monoisotopic (exact) mass is 389 g/mol. The summed E-state index contributed by atoms with van der Waals surface area (Å²) >= 11 is 0. The Morgan fingerprint density at radius 2 is 2.10 bits per heavy atom. The van der Waals surface area contributed by atoms with Crippen LogP contribution in [0.1, 0.15) is 11.6 Å². The van der Waals surface area contributed by atoms with Gasteiger partial charge in [0.05, 0.1) is 31.0 Å². The van der Waals surface area contributed by atoms with Gasteiger partial charge in [-0.2, -0.15) is 5.10 Å². The van der Waals surface area contributed by atoms with E-state index in [9.17, 15) is 0 Å². The van der Waals surface area contributed by atoms with E-state index in [4.69, 9.17) is 9.72 Å². The normalized spacial score (nSPS) is 15.6. The topological polar surface area (TPSA) is 75.6 Å². The summed E-state index contributed by atoms with van der Waals surface area (Å²) in [6.07, 6.45) is 6.79. The maximum Gasteiger partial charge on any atom is 0.133 e. The van der Waals surface area contributed by atoms with E-state index in [1.54, 1.807) is 7.11 Å². The van der Waals surface area contributed by atoms with Crippen LogP contribution in [-0.2, 0) is 26.6 Å². The first-order valence-electron chi connectivity index (χ1n) is 9.69. The number of rotatable bonds is 5. The van der Waals surface area contributed by atoms with Crippen molar-refractivity contribution in [2.24, 2.45) is 13.0 Å². The molecule has 0 spiro atoms. The van der Waals surface area contributed by atoms with Gasteiger partial charge in [0, 0.05) is 49.8 Å². The Hall–Kier alpha value is -3.42. The summed E-state index contributed by atoms with van der Waals surface area (Å²) in [5, 5.41) is 12.9. The molecule has 5 rings (SSSR count). The maximum absolute atomic E-state index is 5.41. The van der Waals surface area contributed by atoms with Gasteiger partial charge in [-0.25, -0.2) is 4.98 Å². The van der Waals surface area contributed by atoms with Crippen molar-refractivity contribution >= 4 is 0 Å². The second-order valence-electron chi connectivity index (χ2n) is 7.57. The fourth-order valence-corrected chi connectivity index (χ4v) is 4.14. The van der Waals surface area contributed by atoms with E-state index in [-0.39, 0.29) is 0 Å². The zero-order valence-corrected chi connectivity index (χ0v) is 16.8. The molecular formula is C21H23N7O. The lowest BCUT2D eigenvalue weighted by molar-refractivity contribution is 0.415. The first-order chi connectivity index (χ1) is 14.1. The summed E-state index contributed by atoms with van der Waals surface area (Å²) in [4.78, 5) is 4.78. The van der Waals surface area contributed by atoms with Gasteiger partial charge in [0.2, 0.25) is 0 Å². The molecule has 0 fully saturated rings. The van der Waals surface area contributed by atoms with E-state index >= 15 is 0 Å². The molecule has 0 N–H and O–H groups in total. The Kier molecular flexibility index (Phi) is 4.19. The van der Waals surface area contributed by atoms with Crippen LogP contribution in [0.3, 0.4) is 0 Å². The Balaban J connectivity index is 1.53.